The van der Waals surface area contributed by atoms with Gasteiger partial charge in [0.05, 0.1) is 30.0 Å². The van der Waals surface area contributed by atoms with Crippen LogP contribution in [0.15, 0.2) is 48.9 Å². The molecule has 27 heavy (non-hydrogen) atoms. The maximum atomic E-state index is 13.1. The number of nitrogens with one attached hydrogen (secondary N) is 1. The predicted octanol–water partition coefficient (Wildman–Crippen LogP) is 3.37. The van der Waals surface area contributed by atoms with Crippen LogP contribution in [0.2, 0.25) is 5.02 Å². The molecular formula is C20H19ClN4O2. The lowest BCUT2D eigenvalue weighted by Crippen LogP contribution is -2.41. The molecule has 2 aromatic heterocycles. The summed E-state index contributed by atoms with van der Waals surface area (Å²) in [5.74, 6) is -0.0510. The largest absolute Gasteiger partial charge is 0.380 e. The Bertz CT molecular complexity index is 959. The van der Waals surface area contributed by atoms with E-state index >= 15 is 0 Å². The molecule has 7 heteroatoms. The molecule has 0 bridgehead atoms. The third kappa shape index (κ3) is 3.86. The van der Waals surface area contributed by atoms with Crippen molar-refractivity contribution in [2.75, 3.05) is 31.6 Å². The van der Waals surface area contributed by atoms with Crippen LogP contribution >= 0.6 is 11.6 Å². The Morgan fingerprint density at radius 3 is 2.74 bits per heavy atom. The van der Waals surface area contributed by atoms with Gasteiger partial charge in [-0.1, -0.05) is 11.6 Å². The number of aromatic nitrogens is 2. The second-order valence-corrected chi connectivity index (χ2v) is 6.76. The molecule has 0 unspecified atom stereocenters. The number of rotatable bonds is 4. The molecular weight excluding hydrogens is 364 g/mol. The Balaban J connectivity index is 1.73. The highest BCUT2D eigenvalue weighted by molar-refractivity contribution is 6.31. The number of anilines is 1. The normalized spacial score (nSPS) is 14.3. The molecule has 0 spiro atoms. The second kappa shape index (κ2) is 7.90. The van der Waals surface area contributed by atoms with Crippen molar-refractivity contribution in [3.63, 3.8) is 0 Å². The van der Waals surface area contributed by atoms with Crippen molar-refractivity contribution in [2.24, 2.45) is 0 Å². The first-order valence-electron chi connectivity index (χ1n) is 8.80. The first-order chi connectivity index (χ1) is 13.2. The van der Waals surface area contributed by atoms with E-state index in [4.69, 9.17) is 16.3 Å². The van der Waals surface area contributed by atoms with E-state index in [9.17, 15) is 4.79 Å². The number of halogens is 1. The summed E-state index contributed by atoms with van der Waals surface area (Å²) in [5, 5.41) is 4.85. The molecule has 6 nitrogen and oxygen atoms in total. The van der Waals surface area contributed by atoms with Gasteiger partial charge in [-0.05, 0) is 35.9 Å². The van der Waals surface area contributed by atoms with Gasteiger partial charge in [-0.15, -0.1) is 0 Å². The highest BCUT2D eigenvalue weighted by Gasteiger charge is 2.23. The summed E-state index contributed by atoms with van der Waals surface area (Å²) in [6, 6.07) is 9.37. The van der Waals surface area contributed by atoms with Crippen LogP contribution in [0.25, 0.3) is 10.9 Å². The van der Waals surface area contributed by atoms with Crippen molar-refractivity contribution in [1.82, 2.24) is 14.9 Å². The van der Waals surface area contributed by atoms with Crippen molar-refractivity contribution in [3.8, 4) is 0 Å². The fourth-order valence-electron chi connectivity index (χ4n) is 3.15. The van der Waals surface area contributed by atoms with Gasteiger partial charge in [0, 0.05) is 48.6 Å². The standard InChI is InChI=1S/C20H19ClN4O2/c21-15-1-2-18-16(11-15)19(24-12-14-3-5-22-6-4-14)17(13-23-18)20(26)25-7-9-27-10-8-25/h1-6,11,13H,7-10,12H2,(H,23,24). The summed E-state index contributed by atoms with van der Waals surface area (Å²) in [5.41, 5.74) is 3.15. The number of carbonyl (C=O) groups excluding carboxylic acids is 1. The van der Waals surface area contributed by atoms with Gasteiger partial charge in [0.25, 0.3) is 5.91 Å². The number of hydrogen-bond donors (Lipinski definition) is 1. The van der Waals surface area contributed by atoms with E-state index in [0.29, 0.717) is 43.4 Å². The third-order valence-electron chi connectivity index (χ3n) is 4.58. The van der Waals surface area contributed by atoms with Gasteiger partial charge in [-0.2, -0.15) is 0 Å². The van der Waals surface area contributed by atoms with E-state index in [1.807, 2.05) is 24.3 Å². The highest BCUT2D eigenvalue weighted by Crippen LogP contribution is 2.30. The summed E-state index contributed by atoms with van der Waals surface area (Å²) in [6.45, 7) is 2.83. The first kappa shape index (κ1) is 17.7. The third-order valence-corrected chi connectivity index (χ3v) is 4.81. The molecule has 3 heterocycles. The molecule has 1 N–H and O–H groups in total. The number of morpholine rings is 1. The van der Waals surface area contributed by atoms with Crippen molar-refractivity contribution < 1.29 is 9.53 Å². The molecule has 1 aliphatic rings. The molecule has 0 saturated carbocycles. The maximum absolute atomic E-state index is 13.1. The van der Waals surface area contributed by atoms with Crippen LogP contribution < -0.4 is 5.32 Å². The molecule has 1 amide bonds. The van der Waals surface area contributed by atoms with Crippen LogP contribution in [0.5, 0.6) is 0 Å². The van der Waals surface area contributed by atoms with E-state index in [2.05, 4.69) is 15.3 Å². The fourth-order valence-corrected chi connectivity index (χ4v) is 3.32. The van der Waals surface area contributed by atoms with Crippen LogP contribution in [-0.2, 0) is 11.3 Å². The minimum Gasteiger partial charge on any atom is -0.380 e. The van der Waals surface area contributed by atoms with Gasteiger partial charge < -0.3 is 15.0 Å². The van der Waals surface area contributed by atoms with Crippen LogP contribution in [0, 0.1) is 0 Å². The molecule has 0 radical (unpaired) electrons. The number of pyridine rings is 2. The second-order valence-electron chi connectivity index (χ2n) is 6.32. The summed E-state index contributed by atoms with van der Waals surface area (Å²) in [6.07, 6.45) is 5.14. The SMILES string of the molecule is O=C(c1cnc2ccc(Cl)cc2c1NCc1ccncc1)N1CCOCC1. The zero-order chi connectivity index (χ0) is 18.6. The topological polar surface area (TPSA) is 67.4 Å². The van der Waals surface area contributed by atoms with Crippen molar-refractivity contribution in [3.05, 3.63) is 65.1 Å². The summed E-state index contributed by atoms with van der Waals surface area (Å²) in [7, 11) is 0. The average molecular weight is 383 g/mol. The van der Waals surface area contributed by atoms with E-state index in [1.54, 1.807) is 29.6 Å². The summed E-state index contributed by atoms with van der Waals surface area (Å²) >= 11 is 6.21. The molecule has 1 saturated heterocycles. The number of ether oxygens (including phenoxy) is 1. The lowest BCUT2D eigenvalue weighted by atomic mass is 10.1. The lowest BCUT2D eigenvalue weighted by Gasteiger charge is -2.28. The number of benzene rings is 1. The molecule has 1 aliphatic heterocycles. The summed E-state index contributed by atoms with van der Waals surface area (Å²) in [4.78, 5) is 23.4. The van der Waals surface area contributed by atoms with Crippen LogP contribution in [0.1, 0.15) is 15.9 Å². The number of fused-ring (bicyclic) bond motifs is 1. The molecule has 0 aliphatic carbocycles. The molecule has 3 aromatic rings. The maximum Gasteiger partial charge on any atom is 0.257 e. The average Bonchev–Trinajstić information content (AvgIpc) is 2.72. The van der Waals surface area contributed by atoms with Gasteiger partial charge in [0.15, 0.2) is 0 Å². The molecule has 1 fully saturated rings. The van der Waals surface area contributed by atoms with Crippen LogP contribution in [0.4, 0.5) is 5.69 Å². The number of nitrogens with zero attached hydrogens (tertiary/aromatic N) is 3. The van der Waals surface area contributed by atoms with E-state index < -0.39 is 0 Å². The lowest BCUT2D eigenvalue weighted by molar-refractivity contribution is 0.0303. The minimum atomic E-state index is -0.0510. The fraction of sp³-hybridized carbons (Fsp3) is 0.250. The Hall–Kier alpha value is -2.70. The van der Waals surface area contributed by atoms with Gasteiger partial charge in [0.1, 0.15) is 0 Å². The van der Waals surface area contributed by atoms with Crippen LogP contribution in [-0.4, -0.2) is 47.1 Å². The smallest absolute Gasteiger partial charge is 0.257 e. The Labute approximate surface area is 162 Å². The van der Waals surface area contributed by atoms with Crippen molar-refractivity contribution in [1.29, 1.82) is 0 Å². The zero-order valence-electron chi connectivity index (χ0n) is 14.7. The van der Waals surface area contributed by atoms with Gasteiger partial charge in [0.2, 0.25) is 0 Å². The first-order valence-corrected chi connectivity index (χ1v) is 9.18. The van der Waals surface area contributed by atoms with Gasteiger partial charge >= 0.3 is 0 Å². The monoisotopic (exact) mass is 382 g/mol. The predicted molar refractivity (Wildman–Crippen MR) is 105 cm³/mol. The molecule has 0 atom stereocenters. The summed E-state index contributed by atoms with van der Waals surface area (Å²) < 4.78 is 5.36. The molecule has 1 aromatic carbocycles. The molecule has 138 valence electrons. The van der Waals surface area contributed by atoms with E-state index in [0.717, 1.165) is 22.2 Å². The Morgan fingerprint density at radius 2 is 1.96 bits per heavy atom. The number of carbonyl (C=O) groups is 1. The number of hydrogen-bond acceptors (Lipinski definition) is 5. The quantitative estimate of drug-likeness (QED) is 0.749. The van der Waals surface area contributed by atoms with Gasteiger partial charge in [-0.25, -0.2) is 0 Å². The number of amides is 1. The Morgan fingerprint density at radius 1 is 1.19 bits per heavy atom. The van der Waals surface area contributed by atoms with Crippen molar-refractivity contribution >= 4 is 34.1 Å². The van der Waals surface area contributed by atoms with Crippen molar-refractivity contribution in [2.45, 2.75) is 6.54 Å². The Kier molecular flexibility index (Phi) is 5.18. The van der Waals surface area contributed by atoms with E-state index in [-0.39, 0.29) is 5.91 Å². The zero-order valence-corrected chi connectivity index (χ0v) is 15.4. The van der Waals surface area contributed by atoms with Gasteiger partial charge in [-0.3, -0.25) is 14.8 Å². The van der Waals surface area contributed by atoms with E-state index in [1.165, 1.54) is 0 Å². The molecule has 4 rings (SSSR count). The minimum absolute atomic E-state index is 0.0510. The highest BCUT2D eigenvalue weighted by atomic mass is 35.5. The van der Waals surface area contributed by atoms with Crippen LogP contribution in [0.3, 0.4) is 0 Å².